The zero-order valence-electron chi connectivity index (χ0n) is 12.4. The number of carbonyl (C=O) groups excluding carboxylic acids is 1. The first kappa shape index (κ1) is 14.9. The Labute approximate surface area is 121 Å². The van der Waals surface area contributed by atoms with Crippen LogP contribution in [0, 0.1) is 0 Å². The molecule has 20 heavy (non-hydrogen) atoms. The normalized spacial score (nSPS) is 18.1. The van der Waals surface area contributed by atoms with Crippen LogP contribution in [0.4, 0.5) is 4.79 Å². The summed E-state index contributed by atoms with van der Waals surface area (Å²) in [6, 6.07) is 2.20. The Morgan fingerprint density at radius 2 is 1.95 bits per heavy atom. The van der Waals surface area contributed by atoms with E-state index in [2.05, 4.69) is 17.3 Å². The molecule has 1 atom stereocenters. The number of urea groups is 1. The highest BCUT2D eigenvalue weighted by Gasteiger charge is 2.16. The predicted octanol–water partition coefficient (Wildman–Crippen LogP) is 2.64. The van der Waals surface area contributed by atoms with Crippen molar-refractivity contribution in [2.75, 3.05) is 13.1 Å². The van der Waals surface area contributed by atoms with Crippen molar-refractivity contribution in [1.29, 1.82) is 0 Å². The van der Waals surface area contributed by atoms with Gasteiger partial charge in [0.15, 0.2) is 0 Å². The average molecular weight is 278 g/mol. The number of aromatic nitrogens is 2. The minimum Gasteiger partial charge on any atom is -0.335 e. The van der Waals surface area contributed by atoms with Crippen LogP contribution in [0.5, 0.6) is 0 Å². The van der Waals surface area contributed by atoms with Crippen LogP contribution >= 0.6 is 0 Å². The first-order chi connectivity index (χ1) is 9.75. The van der Waals surface area contributed by atoms with Crippen LogP contribution in [0.15, 0.2) is 18.5 Å². The van der Waals surface area contributed by atoms with E-state index in [0.717, 1.165) is 38.9 Å². The molecular weight excluding hydrogens is 252 g/mol. The third-order valence-corrected chi connectivity index (χ3v) is 3.86. The molecule has 0 saturated carbocycles. The van der Waals surface area contributed by atoms with E-state index in [4.69, 9.17) is 0 Å². The summed E-state index contributed by atoms with van der Waals surface area (Å²) in [5.74, 6) is 0. The summed E-state index contributed by atoms with van der Waals surface area (Å²) >= 11 is 0. The van der Waals surface area contributed by atoms with Crippen molar-refractivity contribution in [1.82, 2.24) is 20.0 Å². The summed E-state index contributed by atoms with van der Waals surface area (Å²) in [6.45, 7) is 4.70. The average Bonchev–Trinajstić information content (AvgIpc) is 2.88. The molecular formula is C15H26N4O. The Morgan fingerprint density at radius 1 is 1.25 bits per heavy atom. The van der Waals surface area contributed by atoms with Crippen molar-refractivity contribution in [2.45, 2.75) is 58.0 Å². The number of nitrogens with zero attached hydrogens (tertiary/aromatic N) is 3. The molecule has 5 nitrogen and oxygen atoms in total. The van der Waals surface area contributed by atoms with E-state index in [1.807, 2.05) is 21.8 Å². The van der Waals surface area contributed by atoms with Crippen LogP contribution in [0.25, 0.3) is 0 Å². The lowest BCUT2D eigenvalue weighted by Gasteiger charge is -2.26. The van der Waals surface area contributed by atoms with Crippen LogP contribution in [-0.4, -0.2) is 39.8 Å². The molecule has 5 heteroatoms. The van der Waals surface area contributed by atoms with Gasteiger partial charge in [0.25, 0.3) is 0 Å². The molecule has 1 aliphatic heterocycles. The van der Waals surface area contributed by atoms with Crippen LogP contribution in [0.1, 0.15) is 45.4 Å². The highest BCUT2D eigenvalue weighted by molar-refractivity contribution is 5.74. The fourth-order valence-electron chi connectivity index (χ4n) is 2.58. The Hall–Kier alpha value is -1.52. The molecule has 0 spiro atoms. The van der Waals surface area contributed by atoms with Crippen molar-refractivity contribution in [2.24, 2.45) is 0 Å². The van der Waals surface area contributed by atoms with Gasteiger partial charge in [-0.25, -0.2) is 4.79 Å². The van der Waals surface area contributed by atoms with Gasteiger partial charge < -0.3 is 10.2 Å². The number of rotatable bonds is 4. The van der Waals surface area contributed by atoms with Gasteiger partial charge in [0.2, 0.25) is 0 Å². The number of hydrogen-bond donors (Lipinski definition) is 1. The highest BCUT2D eigenvalue weighted by Crippen LogP contribution is 2.10. The predicted molar refractivity (Wildman–Crippen MR) is 79.5 cm³/mol. The Balaban J connectivity index is 1.71. The van der Waals surface area contributed by atoms with Crippen molar-refractivity contribution in [3.8, 4) is 0 Å². The lowest BCUT2D eigenvalue weighted by atomic mass is 10.1. The molecule has 112 valence electrons. The van der Waals surface area contributed by atoms with E-state index in [-0.39, 0.29) is 12.1 Å². The number of aryl methyl sites for hydroxylation is 1. The second-order valence-corrected chi connectivity index (χ2v) is 5.66. The second kappa shape index (κ2) is 7.92. The molecule has 0 unspecified atom stereocenters. The van der Waals surface area contributed by atoms with Gasteiger partial charge in [-0.1, -0.05) is 19.3 Å². The fraction of sp³-hybridized carbons (Fsp3) is 0.733. The van der Waals surface area contributed by atoms with Gasteiger partial charge in [0.1, 0.15) is 0 Å². The van der Waals surface area contributed by atoms with E-state index in [1.165, 1.54) is 19.3 Å². The fourth-order valence-corrected chi connectivity index (χ4v) is 2.58. The Morgan fingerprint density at radius 3 is 2.60 bits per heavy atom. The van der Waals surface area contributed by atoms with Gasteiger partial charge >= 0.3 is 6.03 Å². The number of carbonyl (C=O) groups is 1. The van der Waals surface area contributed by atoms with E-state index >= 15 is 0 Å². The minimum absolute atomic E-state index is 0.0971. The molecule has 1 aromatic heterocycles. The summed E-state index contributed by atoms with van der Waals surface area (Å²) in [5, 5.41) is 7.28. The van der Waals surface area contributed by atoms with E-state index in [0.29, 0.717) is 0 Å². The topological polar surface area (TPSA) is 50.2 Å². The van der Waals surface area contributed by atoms with Crippen molar-refractivity contribution < 1.29 is 4.79 Å². The molecule has 2 rings (SSSR count). The van der Waals surface area contributed by atoms with E-state index in [9.17, 15) is 4.79 Å². The Bertz CT molecular complexity index is 383. The molecule has 0 aromatic carbocycles. The van der Waals surface area contributed by atoms with Gasteiger partial charge in [-0.15, -0.1) is 0 Å². The zero-order chi connectivity index (χ0) is 14.2. The quantitative estimate of drug-likeness (QED) is 0.920. The van der Waals surface area contributed by atoms with E-state index in [1.54, 1.807) is 6.20 Å². The molecule has 2 heterocycles. The van der Waals surface area contributed by atoms with Crippen molar-refractivity contribution >= 4 is 6.03 Å². The lowest BCUT2D eigenvalue weighted by Crippen LogP contribution is -2.45. The number of amides is 2. The molecule has 1 aliphatic rings. The maximum atomic E-state index is 12.2. The molecule has 0 aliphatic carbocycles. The maximum Gasteiger partial charge on any atom is 0.317 e. The summed E-state index contributed by atoms with van der Waals surface area (Å²) < 4.78 is 1.90. The smallest absolute Gasteiger partial charge is 0.317 e. The minimum atomic E-state index is 0.0971. The van der Waals surface area contributed by atoms with Crippen LogP contribution in [0.3, 0.4) is 0 Å². The standard InChI is InChI=1S/C15H26N4O/c1-14(8-13-19-12-7-9-16-19)17-15(20)18-10-5-3-2-4-6-11-18/h7,9,12,14H,2-6,8,10-11,13H2,1H3,(H,17,20)/t14-/m0/s1. The van der Waals surface area contributed by atoms with Gasteiger partial charge in [-0.3, -0.25) is 4.68 Å². The van der Waals surface area contributed by atoms with Crippen LogP contribution < -0.4 is 5.32 Å². The van der Waals surface area contributed by atoms with Crippen molar-refractivity contribution in [3.63, 3.8) is 0 Å². The van der Waals surface area contributed by atoms with Gasteiger partial charge in [-0.2, -0.15) is 5.10 Å². The first-order valence-corrected chi connectivity index (χ1v) is 7.78. The number of nitrogens with one attached hydrogen (secondary N) is 1. The summed E-state index contributed by atoms with van der Waals surface area (Å²) in [7, 11) is 0. The maximum absolute atomic E-state index is 12.2. The number of likely N-dealkylation sites (tertiary alicyclic amines) is 1. The van der Waals surface area contributed by atoms with Gasteiger partial charge in [0, 0.05) is 38.1 Å². The molecule has 2 amide bonds. The summed E-state index contributed by atoms with van der Waals surface area (Å²) in [5.41, 5.74) is 0. The third-order valence-electron chi connectivity index (χ3n) is 3.86. The highest BCUT2D eigenvalue weighted by atomic mass is 16.2. The van der Waals surface area contributed by atoms with Gasteiger partial charge in [0.05, 0.1) is 0 Å². The second-order valence-electron chi connectivity index (χ2n) is 5.66. The van der Waals surface area contributed by atoms with Gasteiger partial charge in [-0.05, 0) is 32.3 Å². The molecule has 1 N–H and O–H groups in total. The largest absolute Gasteiger partial charge is 0.335 e. The first-order valence-electron chi connectivity index (χ1n) is 7.78. The SMILES string of the molecule is C[C@@H](CCn1cccn1)NC(=O)N1CCCCCCC1. The molecule has 1 fully saturated rings. The number of hydrogen-bond acceptors (Lipinski definition) is 2. The lowest BCUT2D eigenvalue weighted by molar-refractivity contribution is 0.188. The summed E-state index contributed by atoms with van der Waals surface area (Å²) in [4.78, 5) is 14.2. The Kier molecular flexibility index (Phi) is 5.89. The van der Waals surface area contributed by atoms with Crippen LogP contribution in [0.2, 0.25) is 0 Å². The molecule has 1 aromatic rings. The van der Waals surface area contributed by atoms with E-state index < -0.39 is 0 Å². The van der Waals surface area contributed by atoms with Crippen molar-refractivity contribution in [3.05, 3.63) is 18.5 Å². The van der Waals surface area contributed by atoms with Crippen LogP contribution in [-0.2, 0) is 6.54 Å². The monoisotopic (exact) mass is 278 g/mol. The molecule has 0 bridgehead atoms. The third kappa shape index (κ3) is 4.87. The molecule has 1 saturated heterocycles. The zero-order valence-corrected chi connectivity index (χ0v) is 12.4. The molecule has 0 radical (unpaired) electrons. The summed E-state index contributed by atoms with van der Waals surface area (Å²) in [6.07, 6.45) is 10.7.